The average Bonchev–Trinajstić information content (AvgIpc) is 2.97. The lowest BCUT2D eigenvalue weighted by Gasteiger charge is -2.28. The van der Waals surface area contributed by atoms with Crippen molar-refractivity contribution in [2.24, 2.45) is 0 Å². The summed E-state index contributed by atoms with van der Waals surface area (Å²) in [7, 11) is -0.931. The van der Waals surface area contributed by atoms with Gasteiger partial charge in [0.05, 0.1) is 16.0 Å². The number of sulfone groups is 1. The van der Waals surface area contributed by atoms with Gasteiger partial charge >= 0.3 is 0 Å². The Morgan fingerprint density at radius 2 is 2.20 bits per heavy atom. The fourth-order valence-corrected chi connectivity index (χ4v) is 5.43. The molecule has 6 heteroatoms. The summed E-state index contributed by atoms with van der Waals surface area (Å²) in [6, 6.07) is 0.140. The van der Waals surface area contributed by atoms with Gasteiger partial charge in [0.2, 0.25) is 0 Å². The van der Waals surface area contributed by atoms with E-state index >= 15 is 0 Å². The fraction of sp³-hybridized carbons (Fsp3) is 0.786. The van der Waals surface area contributed by atoms with Gasteiger partial charge in [-0.25, -0.2) is 13.4 Å². The minimum atomic E-state index is -2.95. The number of thiazole rings is 1. The van der Waals surface area contributed by atoms with Gasteiger partial charge in [0.15, 0.2) is 9.84 Å². The summed E-state index contributed by atoms with van der Waals surface area (Å²) in [4.78, 5) is 6.80. The van der Waals surface area contributed by atoms with Crippen LogP contribution in [0, 0.1) is 0 Å². The molecule has 0 amide bonds. The molecule has 0 bridgehead atoms. The molecule has 0 N–H and O–H groups in total. The molecule has 0 unspecified atom stereocenters. The van der Waals surface area contributed by atoms with Crippen molar-refractivity contribution >= 4 is 21.2 Å². The van der Waals surface area contributed by atoms with E-state index in [1.54, 1.807) is 11.3 Å². The molecule has 1 saturated carbocycles. The SMILES string of the molecule is CCCc1nc(CN(C)[C@H]2CCC[C@H]2S(C)(=O)=O)cs1. The van der Waals surface area contributed by atoms with Crippen LogP contribution < -0.4 is 0 Å². The lowest BCUT2D eigenvalue weighted by Crippen LogP contribution is -2.40. The van der Waals surface area contributed by atoms with Crippen molar-refractivity contribution in [3.8, 4) is 0 Å². The maximum absolute atomic E-state index is 11.8. The van der Waals surface area contributed by atoms with Crippen LogP contribution in [0.2, 0.25) is 0 Å². The van der Waals surface area contributed by atoms with Gasteiger partial charge in [0.25, 0.3) is 0 Å². The van der Waals surface area contributed by atoms with Crippen LogP contribution in [0.1, 0.15) is 43.3 Å². The molecule has 1 aliphatic carbocycles. The van der Waals surface area contributed by atoms with Gasteiger partial charge in [-0.1, -0.05) is 13.3 Å². The van der Waals surface area contributed by atoms with Crippen molar-refractivity contribution in [3.05, 3.63) is 16.1 Å². The van der Waals surface area contributed by atoms with Crippen LogP contribution in [-0.2, 0) is 22.8 Å². The number of hydrogen-bond acceptors (Lipinski definition) is 5. The Bertz CT molecular complexity index is 539. The molecule has 2 rings (SSSR count). The Hall–Kier alpha value is -0.460. The Morgan fingerprint density at radius 3 is 2.85 bits per heavy atom. The lowest BCUT2D eigenvalue weighted by atomic mass is 10.2. The first kappa shape index (κ1) is 15.9. The molecule has 1 aliphatic rings. The van der Waals surface area contributed by atoms with Crippen LogP contribution in [0.15, 0.2) is 5.38 Å². The van der Waals surface area contributed by atoms with E-state index < -0.39 is 9.84 Å². The topological polar surface area (TPSA) is 50.3 Å². The summed E-state index contributed by atoms with van der Waals surface area (Å²) in [5, 5.41) is 3.08. The molecule has 1 aromatic heterocycles. The highest BCUT2D eigenvalue weighted by Crippen LogP contribution is 2.29. The van der Waals surface area contributed by atoms with Gasteiger partial charge in [0, 0.05) is 24.2 Å². The summed E-state index contributed by atoms with van der Waals surface area (Å²) in [5.74, 6) is 0. The zero-order valence-corrected chi connectivity index (χ0v) is 14.1. The van der Waals surface area contributed by atoms with Crippen molar-refractivity contribution in [2.45, 2.75) is 56.9 Å². The molecule has 0 spiro atoms. The predicted octanol–water partition coefficient (Wildman–Crippen LogP) is 2.49. The molecule has 0 aliphatic heterocycles. The van der Waals surface area contributed by atoms with Gasteiger partial charge in [-0.05, 0) is 32.7 Å². The van der Waals surface area contributed by atoms with Crippen molar-refractivity contribution in [3.63, 3.8) is 0 Å². The number of rotatable bonds is 6. The van der Waals surface area contributed by atoms with E-state index in [9.17, 15) is 8.42 Å². The molecule has 2 atom stereocenters. The highest BCUT2D eigenvalue weighted by molar-refractivity contribution is 7.91. The Kier molecular flexibility index (Phi) is 5.20. The second kappa shape index (κ2) is 6.54. The third-order valence-corrected chi connectivity index (χ3v) is 6.62. The minimum Gasteiger partial charge on any atom is -0.296 e. The molecule has 0 aromatic carbocycles. The summed E-state index contributed by atoms with van der Waals surface area (Å²) in [5.41, 5.74) is 1.07. The monoisotopic (exact) mass is 316 g/mol. The molecule has 4 nitrogen and oxygen atoms in total. The smallest absolute Gasteiger partial charge is 0.151 e. The molecular weight excluding hydrogens is 292 g/mol. The third-order valence-electron chi connectivity index (χ3n) is 4.01. The van der Waals surface area contributed by atoms with Crippen molar-refractivity contribution in [2.75, 3.05) is 13.3 Å². The molecule has 0 radical (unpaired) electrons. The highest BCUT2D eigenvalue weighted by atomic mass is 32.2. The zero-order chi connectivity index (χ0) is 14.8. The number of nitrogens with zero attached hydrogens (tertiary/aromatic N) is 2. The molecule has 1 heterocycles. The number of aromatic nitrogens is 1. The van der Waals surface area contributed by atoms with Crippen LogP contribution in [-0.4, -0.2) is 42.9 Å². The van der Waals surface area contributed by atoms with Crippen molar-refractivity contribution in [1.29, 1.82) is 0 Å². The van der Waals surface area contributed by atoms with E-state index in [1.807, 2.05) is 7.05 Å². The average molecular weight is 316 g/mol. The third kappa shape index (κ3) is 3.80. The van der Waals surface area contributed by atoms with Crippen LogP contribution in [0.3, 0.4) is 0 Å². The van der Waals surface area contributed by atoms with Crippen molar-refractivity contribution < 1.29 is 8.42 Å². The summed E-state index contributed by atoms with van der Waals surface area (Å²) in [6.07, 6.45) is 6.29. The quantitative estimate of drug-likeness (QED) is 0.809. The first-order valence-electron chi connectivity index (χ1n) is 7.24. The first-order chi connectivity index (χ1) is 9.41. The van der Waals surface area contributed by atoms with Gasteiger partial charge in [0.1, 0.15) is 0 Å². The molecule has 20 heavy (non-hydrogen) atoms. The van der Waals surface area contributed by atoms with E-state index in [0.29, 0.717) is 0 Å². The maximum Gasteiger partial charge on any atom is 0.151 e. The van der Waals surface area contributed by atoms with Crippen LogP contribution in [0.25, 0.3) is 0 Å². The largest absolute Gasteiger partial charge is 0.296 e. The Labute approximate surface area is 126 Å². The number of aryl methyl sites for hydroxylation is 1. The zero-order valence-electron chi connectivity index (χ0n) is 12.5. The maximum atomic E-state index is 11.8. The van der Waals surface area contributed by atoms with Crippen LogP contribution in [0.5, 0.6) is 0 Å². The van der Waals surface area contributed by atoms with E-state index in [1.165, 1.54) is 11.3 Å². The summed E-state index contributed by atoms with van der Waals surface area (Å²) < 4.78 is 23.7. The van der Waals surface area contributed by atoms with Gasteiger partial charge in [-0.2, -0.15) is 0 Å². The summed E-state index contributed by atoms with van der Waals surface area (Å²) >= 11 is 1.71. The van der Waals surface area contributed by atoms with Gasteiger partial charge in [-0.15, -0.1) is 11.3 Å². The summed E-state index contributed by atoms with van der Waals surface area (Å²) in [6.45, 7) is 2.90. The normalized spacial score (nSPS) is 23.6. The van der Waals surface area contributed by atoms with Crippen LogP contribution in [0.4, 0.5) is 0 Å². The second-order valence-corrected chi connectivity index (χ2v) is 8.97. The molecule has 1 aromatic rings. The van der Waals surface area contributed by atoms with Gasteiger partial charge < -0.3 is 0 Å². The highest BCUT2D eigenvalue weighted by Gasteiger charge is 2.37. The Balaban J connectivity index is 2.01. The molecule has 0 saturated heterocycles. The molecular formula is C14H24N2O2S2. The standard InChI is InChI=1S/C14H24N2O2S2/c1-4-6-14-15-11(10-19-14)9-16(2)12-7-5-8-13(12)20(3,17)18/h10,12-13H,4-9H2,1-3H3/t12-,13+/m0/s1. The number of hydrogen-bond donors (Lipinski definition) is 0. The lowest BCUT2D eigenvalue weighted by molar-refractivity contribution is 0.236. The van der Waals surface area contributed by atoms with E-state index in [2.05, 4.69) is 22.2 Å². The predicted molar refractivity (Wildman–Crippen MR) is 83.8 cm³/mol. The Morgan fingerprint density at radius 1 is 1.45 bits per heavy atom. The molecule has 1 fully saturated rings. The van der Waals surface area contributed by atoms with E-state index in [0.717, 1.165) is 44.3 Å². The van der Waals surface area contributed by atoms with E-state index in [-0.39, 0.29) is 11.3 Å². The van der Waals surface area contributed by atoms with Crippen LogP contribution >= 0.6 is 11.3 Å². The van der Waals surface area contributed by atoms with Crippen molar-refractivity contribution in [1.82, 2.24) is 9.88 Å². The first-order valence-corrected chi connectivity index (χ1v) is 10.1. The second-order valence-electron chi connectivity index (χ2n) is 5.76. The minimum absolute atomic E-state index is 0.140. The fourth-order valence-electron chi connectivity index (χ4n) is 3.03. The van der Waals surface area contributed by atoms with Gasteiger partial charge in [-0.3, -0.25) is 4.90 Å². The molecule has 114 valence electrons. The van der Waals surface area contributed by atoms with E-state index in [4.69, 9.17) is 0 Å².